The molecule has 0 amide bonds. The molecular formula is C13H14BrNO2S. The number of ether oxygens (including phenoxy) is 2. The first-order chi connectivity index (χ1) is 8.71. The van der Waals surface area contributed by atoms with E-state index in [0.717, 1.165) is 31.3 Å². The summed E-state index contributed by atoms with van der Waals surface area (Å²) < 4.78 is 11.6. The predicted octanol–water partition coefficient (Wildman–Crippen LogP) is 3.65. The Kier molecular flexibility index (Phi) is 4.27. The van der Waals surface area contributed by atoms with Crippen LogP contribution in [-0.4, -0.2) is 14.2 Å². The number of methoxy groups -OCH3 is 2. The molecule has 0 aliphatic carbocycles. The van der Waals surface area contributed by atoms with Crippen LogP contribution in [0.25, 0.3) is 10.4 Å². The minimum atomic E-state index is 0.560. The van der Waals surface area contributed by atoms with Crippen molar-refractivity contribution in [1.82, 2.24) is 0 Å². The highest BCUT2D eigenvalue weighted by molar-refractivity contribution is 9.10. The van der Waals surface area contributed by atoms with E-state index in [0.29, 0.717) is 6.54 Å². The monoisotopic (exact) mass is 327 g/mol. The molecule has 2 aromatic rings. The molecule has 0 aliphatic rings. The molecule has 0 fully saturated rings. The minimum absolute atomic E-state index is 0.560. The zero-order valence-corrected chi connectivity index (χ0v) is 12.6. The van der Waals surface area contributed by atoms with E-state index in [1.807, 2.05) is 18.2 Å². The Labute approximate surface area is 119 Å². The Bertz CT molecular complexity index is 554. The highest BCUT2D eigenvalue weighted by Gasteiger charge is 2.15. The standard InChI is InChI=1S/C13H14BrNO2S/c1-16-10-5-4-9(13(17-2)12(10)14)11-6-3-8(7-15)18-11/h3-6H,7,15H2,1-2H3. The van der Waals surface area contributed by atoms with Gasteiger partial charge in [-0.3, -0.25) is 0 Å². The van der Waals surface area contributed by atoms with E-state index < -0.39 is 0 Å². The number of hydrogen-bond acceptors (Lipinski definition) is 4. The van der Waals surface area contributed by atoms with Crippen LogP contribution < -0.4 is 15.2 Å². The van der Waals surface area contributed by atoms with E-state index in [1.165, 1.54) is 0 Å². The SMILES string of the molecule is COc1ccc(-c2ccc(CN)s2)c(OC)c1Br. The smallest absolute Gasteiger partial charge is 0.145 e. The van der Waals surface area contributed by atoms with Crippen LogP contribution in [0.4, 0.5) is 0 Å². The Balaban J connectivity index is 2.53. The molecule has 1 aromatic carbocycles. The zero-order valence-electron chi connectivity index (χ0n) is 10.2. The van der Waals surface area contributed by atoms with Crippen molar-refractivity contribution in [3.8, 4) is 21.9 Å². The second kappa shape index (κ2) is 5.73. The molecule has 1 aromatic heterocycles. The molecule has 96 valence electrons. The van der Waals surface area contributed by atoms with Crippen molar-refractivity contribution in [2.45, 2.75) is 6.54 Å². The third kappa shape index (κ3) is 2.39. The van der Waals surface area contributed by atoms with Gasteiger partial charge in [0.1, 0.15) is 16.0 Å². The second-order valence-corrected chi connectivity index (χ2v) is 5.59. The first-order valence-electron chi connectivity index (χ1n) is 5.41. The summed E-state index contributed by atoms with van der Waals surface area (Å²) in [6.07, 6.45) is 0. The molecule has 0 bridgehead atoms. The van der Waals surface area contributed by atoms with Crippen LogP contribution in [0.1, 0.15) is 4.88 Å². The van der Waals surface area contributed by atoms with Gasteiger partial charge in [0.2, 0.25) is 0 Å². The van der Waals surface area contributed by atoms with Gasteiger partial charge in [-0.15, -0.1) is 11.3 Å². The molecule has 3 nitrogen and oxygen atoms in total. The average Bonchev–Trinajstić information content (AvgIpc) is 2.87. The van der Waals surface area contributed by atoms with Gasteiger partial charge in [0, 0.05) is 21.9 Å². The fourth-order valence-corrected chi connectivity index (χ4v) is 3.30. The summed E-state index contributed by atoms with van der Waals surface area (Å²) in [6.45, 7) is 0.560. The number of halogens is 1. The van der Waals surface area contributed by atoms with Gasteiger partial charge in [0.25, 0.3) is 0 Å². The van der Waals surface area contributed by atoms with Crippen molar-refractivity contribution in [2.24, 2.45) is 5.73 Å². The van der Waals surface area contributed by atoms with Crippen molar-refractivity contribution in [3.05, 3.63) is 33.6 Å². The topological polar surface area (TPSA) is 44.5 Å². The molecule has 0 spiro atoms. The van der Waals surface area contributed by atoms with Crippen molar-refractivity contribution in [2.75, 3.05) is 14.2 Å². The van der Waals surface area contributed by atoms with Crippen LogP contribution in [0.5, 0.6) is 11.5 Å². The summed E-state index contributed by atoms with van der Waals surface area (Å²) in [4.78, 5) is 2.29. The summed E-state index contributed by atoms with van der Waals surface area (Å²) in [5.41, 5.74) is 6.67. The molecule has 2 N–H and O–H groups in total. The maximum Gasteiger partial charge on any atom is 0.145 e. The molecule has 0 saturated carbocycles. The van der Waals surface area contributed by atoms with Crippen molar-refractivity contribution < 1.29 is 9.47 Å². The Morgan fingerprint density at radius 3 is 2.50 bits per heavy atom. The van der Waals surface area contributed by atoms with Crippen LogP contribution >= 0.6 is 27.3 Å². The van der Waals surface area contributed by atoms with Gasteiger partial charge in [-0.25, -0.2) is 0 Å². The number of thiophene rings is 1. The average molecular weight is 328 g/mol. The lowest BCUT2D eigenvalue weighted by Crippen LogP contribution is -1.92. The molecule has 18 heavy (non-hydrogen) atoms. The van der Waals surface area contributed by atoms with Crippen LogP contribution in [0, 0.1) is 0 Å². The first-order valence-corrected chi connectivity index (χ1v) is 7.01. The zero-order chi connectivity index (χ0) is 13.1. The van der Waals surface area contributed by atoms with Crippen molar-refractivity contribution in [1.29, 1.82) is 0 Å². The third-order valence-corrected chi connectivity index (χ3v) is 4.51. The second-order valence-electron chi connectivity index (χ2n) is 3.63. The van der Waals surface area contributed by atoms with E-state index in [1.54, 1.807) is 25.6 Å². The Morgan fingerprint density at radius 2 is 1.94 bits per heavy atom. The molecule has 0 aliphatic heterocycles. The third-order valence-electron chi connectivity index (χ3n) is 2.61. The van der Waals surface area contributed by atoms with Crippen molar-refractivity contribution in [3.63, 3.8) is 0 Å². The van der Waals surface area contributed by atoms with Gasteiger partial charge in [-0.2, -0.15) is 0 Å². The molecule has 0 unspecified atom stereocenters. The first kappa shape index (κ1) is 13.4. The molecule has 1 heterocycles. The molecule has 0 atom stereocenters. The lowest BCUT2D eigenvalue weighted by molar-refractivity contribution is 0.390. The van der Waals surface area contributed by atoms with Gasteiger partial charge >= 0.3 is 0 Å². The van der Waals surface area contributed by atoms with Crippen LogP contribution in [0.15, 0.2) is 28.7 Å². The highest BCUT2D eigenvalue weighted by atomic mass is 79.9. The Morgan fingerprint density at radius 1 is 1.17 bits per heavy atom. The van der Waals surface area contributed by atoms with Crippen LogP contribution in [0.2, 0.25) is 0 Å². The molecular weight excluding hydrogens is 314 g/mol. The molecule has 5 heteroatoms. The maximum absolute atomic E-state index is 5.64. The number of nitrogens with two attached hydrogens (primary N) is 1. The number of rotatable bonds is 4. The summed E-state index contributed by atoms with van der Waals surface area (Å²) in [5, 5.41) is 0. The van der Waals surface area contributed by atoms with Crippen molar-refractivity contribution >= 4 is 27.3 Å². The number of benzene rings is 1. The predicted molar refractivity (Wildman–Crippen MR) is 78.5 cm³/mol. The molecule has 0 radical (unpaired) electrons. The van der Waals surface area contributed by atoms with Gasteiger partial charge in [0.05, 0.1) is 14.2 Å². The van der Waals surface area contributed by atoms with E-state index >= 15 is 0 Å². The summed E-state index contributed by atoms with van der Waals surface area (Å²) >= 11 is 5.17. The summed E-state index contributed by atoms with van der Waals surface area (Å²) in [5.74, 6) is 1.53. The maximum atomic E-state index is 5.64. The number of hydrogen-bond donors (Lipinski definition) is 1. The van der Waals surface area contributed by atoms with Gasteiger partial charge in [-0.1, -0.05) is 0 Å². The van der Waals surface area contributed by atoms with E-state index in [-0.39, 0.29) is 0 Å². The molecule has 0 saturated heterocycles. The van der Waals surface area contributed by atoms with E-state index in [9.17, 15) is 0 Å². The largest absolute Gasteiger partial charge is 0.495 e. The van der Waals surface area contributed by atoms with Gasteiger partial charge in [0.15, 0.2) is 0 Å². The lowest BCUT2D eigenvalue weighted by atomic mass is 10.1. The van der Waals surface area contributed by atoms with Crippen LogP contribution in [0.3, 0.4) is 0 Å². The summed E-state index contributed by atoms with van der Waals surface area (Å²) in [6, 6.07) is 8.01. The van der Waals surface area contributed by atoms with Gasteiger partial charge in [-0.05, 0) is 40.2 Å². The quantitative estimate of drug-likeness (QED) is 0.932. The lowest BCUT2D eigenvalue weighted by Gasteiger charge is -2.12. The Hall–Kier alpha value is -1.04. The molecule has 2 rings (SSSR count). The normalized spacial score (nSPS) is 10.4. The highest BCUT2D eigenvalue weighted by Crippen LogP contribution is 2.43. The van der Waals surface area contributed by atoms with Crippen LogP contribution in [-0.2, 0) is 6.54 Å². The van der Waals surface area contributed by atoms with E-state index in [2.05, 4.69) is 22.0 Å². The minimum Gasteiger partial charge on any atom is -0.495 e. The van der Waals surface area contributed by atoms with Gasteiger partial charge < -0.3 is 15.2 Å². The fourth-order valence-electron chi connectivity index (χ4n) is 1.72. The van der Waals surface area contributed by atoms with E-state index in [4.69, 9.17) is 15.2 Å². The summed E-state index contributed by atoms with van der Waals surface area (Å²) in [7, 11) is 3.29. The fraction of sp³-hybridized carbons (Fsp3) is 0.231.